The van der Waals surface area contributed by atoms with Crippen molar-refractivity contribution >= 4 is 65.6 Å². The summed E-state index contributed by atoms with van der Waals surface area (Å²) in [5.41, 5.74) is 13.7. The Morgan fingerprint density at radius 2 is 0.804 bits per heavy atom. The zero-order chi connectivity index (χ0) is 38.2. The van der Waals surface area contributed by atoms with Crippen LogP contribution in [0.5, 0.6) is 0 Å². The van der Waals surface area contributed by atoms with Gasteiger partial charge in [-0.2, -0.15) is 0 Å². The molecule has 0 saturated carbocycles. The van der Waals surface area contributed by atoms with Crippen molar-refractivity contribution < 1.29 is 4.42 Å². The minimum absolute atomic E-state index is 0.912. The lowest BCUT2D eigenvalue weighted by Gasteiger charge is -2.11. The van der Waals surface area contributed by atoms with Gasteiger partial charge in [-0.15, -0.1) is 6.58 Å². The molecule has 3 nitrogen and oxygen atoms in total. The SMILES string of the molecule is C=CC.CC.c1ccc(-n2c3ccccc3c3cc(-c4ccc5c(c4)c4ccccc4n5-c4cccc(-c5ccc6oc7ccccc7c6c5)c4)ccc32)cc1. The number of nitrogens with zero attached hydrogens (tertiary/aromatic N) is 2. The number of hydrogen-bond donors (Lipinski definition) is 0. The number of benzene rings is 8. The fourth-order valence-corrected chi connectivity index (χ4v) is 8.17. The number of para-hydroxylation sites is 4. The molecule has 0 fully saturated rings. The maximum Gasteiger partial charge on any atom is 0.135 e. The Hall–Kier alpha value is -7.10. The molecule has 3 heteroatoms. The molecule has 270 valence electrons. The van der Waals surface area contributed by atoms with Crippen molar-refractivity contribution in [2.75, 3.05) is 0 Å². The molecule has 11 aromatic rings. The van der Waals surface area contributed by atoms with Crippen LogP contribution in [-0.4, -0.2) is 9.13 Å². The monoisotopic (exact) mass is 722 g/mol. The Bertz CT molecular complexity index is 3190. The van der Waals surface area contributed by atoms with E-state index in [0.717, 1.165) is 27.6 Å². The molecule has 8 aromatic carbocycles. The van der Waals surface area contributed by atoms with Crippen molar-refractivity contribution in [3.8, 4) is 33.6 Å². The number of rotatable bonds is 4. The third-order valence-electron chi connectivity index (χ3n) is 10.5. The molecule has 0 saturated heterocycles. The van der Waals surface area contributed by atoms with Crippen LogP contribution in [0, 0.1) is 0 Å². The highest BCUT2D eigenvalue weighted by atomic mass is 16.3. The number of aromatic nitrogens is 2. The van der Waals surface area contributed by atoms with E-state index in [9.17, 15) is 0 Å². The van der Waals surface area contributed by atoms with E-state index in [2.05, 4.69) is 186 Å². The van der Waals surface area contributed by atoms with Crippen LogP contribution in [-0.2, 0) is 0 Å². The summed E-state index contributed by atoms with van der Waals surface area (Å²) in [7, 11) is 0. The first-order chi connectivity index (χ1) is 27.7. The predicted octanol–water partition coefficient (Wildman–Crippen LogP) is 15.3. The highest BCUT2D eigenvalue weighted by molar-refractivity contribution is 6.13. The lowest BCUT2D eigenvalue weighted by molar-refractivity contribution is 0.669. The molecule has 0 aliphatic carbocycles. The standard InChI is InChI=1S/C48H30N2O.C3H6.C2H6/c1-2-12-35(13-3-1)49-43-18-7-4-15-37(43)40-28-32(21-24-45(40)49)33-22-25-46-41(29-33)38-16-5-8-19-44(38)50(46)36-14-10-11-31(27-36)34-23-26-48-42(30-34)39-17-6-9-20-47(39)51-48;1-3-2;1-2/h1-30H;3H,1H2,2H3;1-2H3. The van der Waals surface area contributed by atoms with Crippen molar-refractivity contribution in [2.45, 2.75) is 20.8 Å². The zero-order valence-corrected chi connectivity index (χ0v) is 31.9. The van der Waals surface area contributed by atoms with Gasteiger partial charge in [-0.3, -0.25) is 0 Å². The van der Waals surface area contributed by atoms with Crippen LogP contribution < -0.4 is 0 Å². The summed E-state index contributed by atoms with van der Waals surface area (Å²) >= 11 is 0. The summed E-state index contributed by atoms with van der Waals surface area (Å²) in [6.45, 7) is 9.25. The van der Waals surface area contributed by atoms with Gasteiger partial charge in [0.25, 0.3) is 0 Å². The van der Waals surface area contributed by atoms with Crippen LogP contribution in [0.1, 0.15) is 20.8 Å². The molecular formula is C53H42N2O. The number of furan rings is 1. The summed E-state index contributed by atoms with van der Waals surface area (Å²) in [5.74, 6) is 0. The van der Waals surface area contributed by atoms with Crippen LogP contribution >= 0.6 is 0 Å². The van der Waals surface area contributed by atoms with E-state index in [1.807, 2.05) is 32.9 Å². The molecule has 0 spiro atoms. The van der Waals surface area contributed by atoms with Gasteiger partial charge in [0.15, 0.2) is 0 Å². The first kappa shape index (κ1) is 34.7. The summed E-state index contributed by atoms with van der Waals surface area (Å²) in [4.78, 5) is 0. The molecule has 0 unspecified atom stereocenters. The molecule has 0 amide bonds. The Morgan fingerprint density at radius 3 is 1.43 bits per heavy atom. The third-order valence-corrected chi connectivity index (χ3v) is 10.5. The minimum atomic E-state index is 0.912. The summed E-state index contributed by atoms with van der Waals surface area (Å²) in [5, 5.41) is 7.29. The maximum atomic E-state index is 6.12. The maximum absolute atomic E-state index is 6.12. The highest BCUT2D eigenvalue weighted by Gasteiger charge is 2.17. The van der Waals surface area contributed by atoms with Crippen LogP contribution in [0.3, 0.4) is 0 Å². The van der Waals surface area contributed by atoms with Crippen LogP contribution in [0.25, 0.3) is 99.2 Å². The van der Waals surface area contributed by atoms with Gasteiger partial charge in [0.1, 0.15) is 11.2 Å². The Labute approximate surface area is 327 Å². The van der Waals surface area contributed by atoms with Crippen molar-refractivity contribution in [1.82, 2.24) is 9.13 Å². The molecule has 3 aromatic heterocycles. The minimum Gasteiger partial charge on any atom is -0.456 e. The van der Waals surface area contributed by atoms with Gasteiger partial charge < -0.3 is 13.6 Å². The van der Waals surface area contributed by atoms with Crippen molar-refractivity contribution in [3.05, 3.63) is 195 Å². The first-order valence-corrected chi connectivity index (χ1v) is 19.4. The van der Waals surface area contributed by atoms with E-state index < -0.39 is 0 Å². The average Bonchev–Trinajstić information content (AvgIpc) is 3.92. The van der Waals surface area contributed by atoms with E-state index in [0.29, 0.717) is 0 Å². The third kappa shape index (κ3) is 5.77. The fraction of sp³-hybridized carbons (Fsp3) is 0.0566. The summed E-state index contributed by atoms with van der Waals surface area (Å²) < 4.78 is 10.9. The molecule has 0 N–H and O–H groups in total. The molecule has 0 aliphatic heterocycles. The molecule has 3 heterocycles. The smallest absolute Gasteiger partial charge is 0.135 e. The summed E-state index contributed by atoms with van der Waals surface area (Å²) in [6.07, 6.45) is 1.75. The van der Waals surface area contributed by atoms with E-state index in [4.69, 9.17) is 4.42 Å². The molecular weight excluding hydrogens is 681 g/mol. The van der Waals surface area contributed by atoms with Gasteiger partial charge in [-0.1, -0.05) is 123 Å². The largest absolute Gasteiger partial charge is 0.456 e. The van der Waals surface area contributed by atoms with Crippen LogP contribution in [0.2, 0.25) is 0 Å². The molecule has 0 radical (unpaired) electrons. The van der Waals surface area contributed by atoms with Crippen molar-refractivity contribution in [1.29, 1.82) is 0 Å². The van der Waals surface area contributed by atoms with E-state index in [-0.39, 0.29) is 0 Å². The second kappa shape index (κ2) is 14.6. The lowest BCUT2D eigenvalue weighted by atomic mass is 10.0. The number of fused-ring (bicyclic) bond motifs is 9. The average molecular weight is 723 g/mol. The lowest BCUT2D eigenvalue weighted by Crippen LogP contribution is -1.94. The van der Waals surface area contributed by atoms with Crippen LogP contribution in [0.4, 0.5) is 0 Å². The number of allylic oxidation sites excluding steroid dienone is 1. The fourth-order valence-electron chi connectivity index (χ4n) is 8.17. The Kier molecular flexibility index (Phi) is 9.05. The van der Waals surface area contributed by atoms with E-state index in [1.165, 1.54) is 71.6 Å². The molecule has 0 bridgehead atoms. The highest BCUT2D eigenvalue weighted by Crippen LogP contribution is 2.39. The molecule has 0 aliphatic rings. The normalized spacial score (nSPS) is 11.2. The van der Waals surface area contributed by atoms with Gasteiger partial charge >= 0.3 is 0 Å². The predicted molar refractivity (Wildman–Crippen MR) is 240 cm³/mol. The Balaban J connectivity index is 0.000000784. The quantitative estimate of drug-likeness (QED) is 0.166. The molecule has 0 atom stereocenters. The van der Waals surface area contributed by atoms with Gasteiger partial charge in [0.2, 0.25) is 0 Å². The van der Waals surface area contributed by atoms with Crippen LogP contribution in [0.15, 0.2) is 199 Å². The Morgan fingerprint density at radius 1 is 0.375 bits per heavy atom. The molecule has 56 heavy (non-hydrogen) atoms. The van der Waals surface area contributed by atoms with Gasteiger partial charge in [0.05, 0.1) is 22.1 Å². The second-order valence-electron chi connectivity index (χ2n) is 13.8. The molecule has 11 rings (SSSR count). The van der Waals surface area contributed by atoms with Crippen molar-refractivity contribution in [3.63, 3.8) is 0 Å². The second-order valence-corrected chi connectivity index (χ2v) is 13.8. The van der Waals surface area contributed by atoms with Gasteiger partial charge in [-0.05, 0) is 108 Å². The van der Waals surface area contributed by atoms with Crippen molar-refractivity contribution in [2.24, 2.45) is 0 Å². The van der Waals surface area contributed by atoms with Gasteiger partial charge in [-0.25, -0.2) is 0 Å². The number of hydrogen-bond acceptors (Lipinski definition) is 1. The van der Waals surface area contributed by atoms with E-state index >= 15 is 0 Å². The van der Waals surface area contributed by atoms with Gasteiger partial charge in [0, 0.05) is 43.7 Å². The van der Waals surface area contributed by atoms with E-state index in [1.54, 1.807) is 6.08 Å². The topological polar surface area (TPSA) is 23.0 Å². The first-order valence-electron chi connectivity index (χ1n) is 19.4. The summed E-state index contributed by atoms with van der Waals surface area (Å²) in [6, 6.07) is 65.6. The zero-order valence-electron chi connectivity index (χ0n) is 31.9.